The van der Waals surface area contributed by atoms with E-state index in [0.29, 0.717) is 48.8 Å². The van der Waals surface area contributed by atoms with Crippen LogP contribution in [-0.4, -0.2) is 66.0 Å². The van der Waals surface area contributed by atoms with Gasteiger partial charge in [0.05, 0.1) is 6.04 Å². The van der Waals surface area contributed by atoms with Gasteiger partial charge in [-0.05, 0) is 43.4 Å². The van der Waals surface area contributed by atoms with E-state index in [1.807, 2.05) is 6.07 Å². The summed E-state index contributed by atoms with van der Waals surface area (Å²) >= 11 is 7.25. The fourth-order valence-electron chi connectivity index (χ4n) is 4.05. The first-order valence-corrected chi connectivity index (χ1v) is 13.4. The van der Waals surface area contributed by atoms with E-state index in [2.05, 4.69) is 20.6 Å². The van der Waals surface area contributed by atoms with Crippen LogP contribution in [0.1, 0.15) is 52.8 Å². The Hall–Kier alpha value is -3.42. The van der Waals surface area contributed by atoms with E-state index in [1.165, 1.54) is 23.3 Å². The number of likely N-dealkylation sites (tertiary alicyclic amines) is 1. The number of rotatable bonds is 11. The van der Waals surface area contributed by atoms with Gasteiger partial charge in [-0.3, -0.25) is 19.5 Å². The van der Waals surface area contributed by atoms with Crippen molar-refractivity contribution in [1.82, 2.24) is 20.5 Å². The molecule has 0 bridgehead atoms. The molecule has 1 unspecified atom stereocenters. The molecule has 0 saturated carbocycles. The van der Waals surface area contributed by atoms with Crippen LogP contribution in [0.4, 0.5) is 4.79 Å². The summed E-state index contributed by atoms with van der Waals surface area (Å²) in [6.45, 7) is 0.808. The molecule has 12 nitrogen and oxygen atoms in total. The van der Waals surface area contributed by atoms with Gasteiger partial charge in [0.1, 0.15) is 23.4 Å². The average Bonchev–Trinajstić information content (AvgIpc) is 3.52. The van der Waals surface area contributed by atoms with Crippen LogP contribution >= 0.6 is 22.9 Å². The highest BCUT2D eigenvalue weighted by molar-refractivity contribution is 7.09. The molecule has 3 amide bonds. The molecule has 1 aliphatic rings. The molecule has 1 aliphatic heterocycles. The van der Waals surface area contributed by atoms with Crippen LogP contribution in [0, 0.1) is 0 Å². The second-order valence-corrected chi connectivity index (χ2v) is 10.2. The van der Waals surface area contributed by atoms with Gasteiger partial charge in [0, 0.05) is 36.6 Å². The lowest BCUT2D eigenvalue weighted by Crippen LogP contribution is -2.45. The maximum atomic E-state index is 12.9. The molecule has 0 aliphatic carbocycles. The minimum absolute atomic E-state index is 0.0108. The van der Waals surface area contributed by atoms with Gasteiger partial charge < -0.3 is 32.6 Å². The minimum Gasteiger partial charge on any atom is -0.445 e. The lowest BCUT2D eigenvalue weighted by molar-refractivity contribution is -0.122. The number of halogens is 1. The third-order valence-corrected chi connectivity index (χ3v) is 7.10. The summed E-state index contributed by atoms with van der Waals surface area (Å²) in [5, 5.41) is 8.02. The van der Waals surface area contributed by atoms with E-state index in [-0.39, 0.29) is 30.2 Å². The Labute approximate surface area is 229 Å². The standard InChI is InChI=1S/C24H33ClN8O4S/c1-29-20(34)17(7-2-3-8-30-23(27)28)31-21(35)18-13-38-22(32-18)19-10-16(26)11-33(19)24(36)37-12-14-5-4-6-15(25)9-14/h4-6,9,13,16-17,19H,2-3,7-8,10-12,26H2,1H3,(H,29,34)(H,31,35)(H4,27,28,30)/t16-,17?,19+/m1/s1. The Bertz CT molecular complexity index is 1160. The van der Waals surface area contributed by atoms with Crippen molar-refractivity contribution < 1.29 is 19.1 Å². The molecular weight excluding hydrogens is 532 g/mol. The van der Waals surface area contributed by atoms with E-state index in [1.54, 1.807) is 23.6 Å². The summed E-state index contributed by atoms with van der Waals surface area (Å²) in [6.07, 6.45) is 1.66. The number of carbonyl (C=O) groups excluding carboxylic acids is 3. The van der Waals surface area contributed by atoms with Gasteiger partial charge >= 0.3 is 6.09 Å². The fraction of sp³-hybridized carbons (Fsp3) is 0.458. The molecule has 0 radical (unpaired) electrons. The molecule has 2 heterocycles. The molecule has 3 atom stereocenters. The highest BCUT2D eigenvalue weighted by Crippen LogP contribution is 2.34. The number of aliphatic imine (C=N–C) groups is 1. The minimum atomic E-state index is -0.741. The third kappa shape index (κ3) is 8.30. The summed E-state index contributed by atoms with van der Waals surface area (Å²) in [4.78, 5) is 48.0. The van der Waals surface area contributed by atoms with Crippen LogP contribution in [0.5, 0.6) is 0 Å². The van der Waals surface area contributed by atoms with Gasteiger partial charge in [-0.1, -0.05) is 23.7 Å². The Morgan fingerprint density at radius 2 is 2.11 bits per heavy atom. The molecule has 2 aromatic rings. The van der Waals surface area contributed by atoms with Gasteiger partial charge in [-0.15, -0.1) is 11.3 Å². The molecule has 1 aromatic carbocycles. The van der Waals surface area contributed by atoms with Crippen molar-refractivity contribution in [3.63, 3.8) is 0 Å². The topological polar surface area (TPSA) is 191 Å². The molecule has 14 heteroatoms. The summed E-state index contributed by atoms with van der Waals surface area (Å²) < 4.78 is 5.48. The van der Waals surface area contributed by atoms with Gasteiger partial charge in [-0.2, -0.15) is 0 Å². The average molecular weight is 565 g/mol. The number of unbranched alkanes of at least 4 members (excludes halogenated alkanes) is 1. The monoisotopic (exact) mass is 564 g/mol. The molecule has 1 aromatic heterocycles. The molecular formula is C24H33ClN8O4S. The van der Waals surface area contributed by atoms with E-state index < -0.39 is 24.1 Å². The van der Waals surface area contributed by atoms with Crippen LogP contribution in [0.2, 0.25) is 5.02 Å². The number of nitrogens with two attached hydrogens (primary N) is 3. The molecule has 38 heavy (non-hydrogen) atoms. The number of benzene rings is 1. The van der Waals surface area contributed by atoms with Crippen LogP contribution in [0.15, 0.2) is 34.6 Å². The number of aromatic nitrogens is 1. The number of hydrogen-bond donors (Lipinski definition) is 5. The predicted molar refractivity (Wildman–Crippen MR) is 146 cm³/mol. The predicted octanol–water partition coefficient (Wildman–Crippen LogP) is 1.50. The molecule has 3 rings (SSSR count). The van der Waals surface area contributed by atoms with Crippen molar-refractivity contribution >= 4 is 46.8 Å². The number of guanidine groups is 1. The summed E-state index contributed by atoms with van der Waals surface area (Å²) in [7, 11) is 1.51. The Morgan fingerprint density at radius 1 is 1.32 bits per heavy atom. The van der Waals surface area contributed by atoms with Crippen molar-refractivity contribution in [1.29, 1.82) is 0 Å². The normalized spacial score (nSPS) is 17.5. The first-order valence-electron chi connectivity index (χ1n) is 12.1. The first kappa shape index (κ1) is 29.1. The zero-order valence-corrected chi connectivity index (χ0v) is 22.6. The van der Waals surface area contributed by atoms with E-state index in [0.717, 1.165) is 5.56 Å². The zero-order chi connectivity index (χ0) is 27.7. The largest absolute Gasteiger partial charge is 0.445 e. The van der Waals surface area contributed by atoms with Gasteiger partial charge in [0.25, 0.3) is 5.91 Å². The van der Waals surface area contributed by atoms with Gasteiger partial charge in [0.15, 0.2) is 5.96 Å². The highest BCUT2D eigenvalue weighted by atomic mass is 35.5. The number of nitrogens with zero attached hydrogens (tertiary/aromatic N) is 3. The molecule has 0 spiro atoms. The lowest BCUT2D eigenvalue weighted by Gasteiger charge is -2.22. The summed E-state index contributed by atoms with van der Waals surface area (Å²) in [5.41, 5.74) is 17.7. The number of ether oxygens (including phenoxy) is 1. The molecule has 206 valence electrons. The number of nitrogens with one attached hydrogen (secondary N) is 2. The third-order valence-electron chi connectivity index (χ3n) is 5.92. The second kappa shape index (κ2) is 13.9. The van der Waals surface area contributed by atoms with Crippen molar-refractivity contribution in [3.05, 3.63) is 50.9 Å². The number of likely N-dealkylation sites (N-methyl/N-ethyl adjacent to an activating group) is 1. The van der Waals surface area contributed by atoms with Crippen LogP contribution in [-0.2, 0) is 16.1 Å². The highest BCUT2D eigenvalue weighted by Gasteiger charge is 2.37. The van der Waals surface area contributed by atoms with Gasteiger partial charge in [-0.25, -0.2) is 9.78 Å². The summed E-state index contributed by atoms with van der Waals surface area (Å²) in [5.74, 6) is -0.787. The van der Waals surface area contributed by atoms with Crippen molar-refractivity contribution in [2.75, 3.05) is 20.1 Å². The van der Waals surface area contributed by atoms with Crippen molar-refractivity contribution in [2.45, 2.75) is 50.4 Å². The SMILES string of the molecule is CNC(=O)C(CCCCN=C(N)N)NC(=O)c1csc([C@@H]2C[C@@H](N)CN2C(=O)OCc2cccc(Cl)c2)n1. The lowest BCUT2D eigenvalue weighted by atomic mass is 10.1. The maximum Gasteiger partial charge on any atom is 0.410 e. The first-order chi connectivity index (χ1) is 18.2. The van der Waals surface area contributed by atoms with Gasteiger partial charge in [0.2, 0.25) is 5.91 Å². The van der Waals surface area contributed by atoms with E-state index in [9.17, 15) is 14.4 Å². The van der Waals surface area contributed by atoms with Crippen LogP contribution < -0.4 is 27.8 Å². The second-order valence-electron chi connectivity index (χ2n) is 8.86. The fourth-order valence-corrected chi connectivity index (χ4v) is 5.18. The van der Waals surface area contributed by atoms with E-state index >= 15 is 0 Å². The van der Waals surface area contributed by atoms with Crippen LogP contribution in [0.25, 0.3) is 0 Å². The van der Waals surface area contributed by atoms with E-state index in [4.69, 9.17) is 33.5 Å². The Balaban J connectivity index is 1.61. The summed E-state index contributed by atoms with van der Waals surface area (Å²) in [6, 6.07) is 5.64. The number of thiazole rings is 1. The number of hydrogen-bond acceptors (Lipinski definition) is 8. The van der Waals surface area contributed by atoms with Crippen molar-refractivity contribution in [3.8, 4) is 0 Å². The van der Waals surface area contributed by atoms with Crippen molar-refractivity contribution in [2.24, 2.45) is 22.2 Å². The molecule has 8 N–H and O–H groups in total. The Morgan fingerprint density at radius 3 is 2.82 bits per heavy atom. The Kier molecular flexibility index (Phi) is 10.7. The molecule has 1 saturated heterocycles. The maximum absolute atomic E-state index is 12.9. The quantitative estimate of drug-likeness (QED) is 0.154. The smallest absolute Gasteiger partial charge is 0.410 e. The number of carbonyl (C=O) groups is 3. The molecule has 1 fully saturated rings. The zero-order valence-electron chi connectivity index (χ0n) is 21.1. The van der Waals surface area contributed by atoms with Crippen LogP contribution in [0.3, 0.4) is 0 Å². The number of amides is 3.